The molecule has 0 spiro atoms. The molecule has 1 aliphatic rings. The Kier molecular flexibility index (Phi) is 11.2. The van der Waals surface area contributed by atoms with Crippen LogP contribution >= 0.6 is 0 Å². The maximum atomic E-state index is 12.5. The molecule has 35 heavy (non-hydrogen) atoms. The molecule has 8 heteroatoms. The average molecular weight is 476 g/mol. The van der Waals surface area contributed by atoms with E-state index in [1.807, 2.05) is 36.4 Å². The number of allylic oxidation sites excluding steroid dienone is 7. The van der Waals surface area contributed by atoms with Crippen molar-refractivity contribution in [3.8, 4) is 0 Å². The molecule has 0 saturated heterocycles. The van der Waals surface area contributed by atoms with Crippen LogP contribution < -0.4 is 16.4 Å². The van der Waals surface area contributed by atoms with Gasteiger partial charge in [0.15, 0.2) is 6.29 Å². The predicted octanol–water partition coefficient (Wildman–Crippen LogP) is 2.64. The van der Waals surface area contributed by atoms with Crippen molar-refractivity contribution in [3.63, 3.8) is 0 Å². The lowest BCUT2D eigenvalue weighted by Crippen LogP contribution is -2.37. The smallest absolute Gasteiger partial charge is 0.238 e. The van der Waals surface area contributed by atoms with Gasteiger partial charge in [0.1, 0.15) is 5.71 Å². The lowest BCUT2D eigenvalue weighted by molar-refractivity contribution is -0.127. The number of aliphatic imine (C=N–C) groups is 2. The van der Waals surface area contributed by atoms with Crippen LogP contribution in [0.3, 0.4) is 0 Å². The molecule has 1 aromatic rings. The van der Waals surface area contributed by atoms with E-state index in [0.717, 1.165) is 0 Å². The van der Waals surface area contributed by atoms with E-state index < -0.39 is 11.6 Å². The number of primary amides is 1. The van der Waals surface area contributed by atoms with Gasteiger partial charge in [-0.3, -0.25) is 29.7 Å². The number of nitrogens with zero attached hydrogens (tertiary/aromatic N) is 2. The van der Waals surface area contributed by atoms with Gasteiger partial charge in [-0.05, 0) is 44.4 Å². The molecule has 2 rings (SSSR count). The summed E-state index contributed by atoms with van der Waals surface area (Å²) in [6, 6.07) is 9.13. The molecule has 0 aromatic heterocycles. The standard InChI is InChI=1S/C27H33N5O3/c1-21(31-24(20-33)22-11-4-3-5-12-22)30-19-25(34)32-23-13-6-7-15-27(26(28)35,17-10-14-23)16-8-9-18-29-2/h3-14,18,20-21,30H,15-17,19H2,1-2H3,(H2,28,35)(H,32,34)/b7-6+,9-8-,14-10+,23-13+,29-18?,31-24+/t21-,27+/m1/s1. The minimum atomic E-state index is -0.748. The third-order valence-electron chi connectivity index (χ3n) is 5.48. The first-order valence-corrected chi connectivity index (χ1v) is 11.4. The van der Waals surface area contributed by atoms with Crippen molar-refractivity contribution in [2.24, 2.45) is 21.1 Å². The highest BCUT2D eigenvalue weighted by molar-refractivity contribution is 6.36. The molecule has 4 N–H and O–H groups in total. The van der Waals surface area contributed by atoms with Crippen molar-refractivity contribution in [2.45, 2.75) is 32.4 Å². The minimum Gasteiger partial charge on any atom is -0.369 e. The van der Waals surface area contributed by atoms with Crippen LogP contribution in [-0.4, -0.2) is 49.8 Å². The first-order valence-electron chi connectivity index (χ1n) is 11.4. The Morgan fingerprint density at radius 1 is 1.20 bits per heavy atom. The maximum absolute atomic E-state index is 12.5. The summed E-state index contributed by atoms with van der Waals surface area (Å²) in [5, 5.41) is 5.84. The van der Waals surface area contributed by atoms with Gasteiger partial charge in [0.05, 0.1) is 18.1 Å². The van der Waals surface area contributed by atoms with Crippen molar-refractivity contribution in [3.05, 3.63) is 84.1 Å². The Labute approximate surface area is 206 Å². The SMILES string of the molecule is CN=C/C=C\C[C@@]1(C(N)=O)C/C=C/C=C(NC(=O)CN[C@@H](C)/N=C(\C=O)c2ccccc2)\C=C\C1. The number of aldehydes is 1. The van der Waals surface area contributed by atoms with E-state index in [2.05, 4.69) is 20.6 Å². The number of benzene rings is 1. The molecule has 184 valence electrons. The van der Waals surface area contributed by atoms with E-state index in [-0.39, 0.29) is 18.4 Å². The van der Waals surface area contributed by atoms with Gasteiger partial charge in [-0.15, -0.1) is 0 Å². The summed E-state index contributed by atoms with van der Waals surface area (Å²) in [6.07, 6.45) is 16.1. The molecule has 1 aromatic carbocycles. The van der Waals surface area contributed by atoms with Crippen LogP contribution in [0, 0.1) is 5.41 Å². The van der Waals surface area contributed by atoms with Crippen LogP contribution in [0.4, 0.5) is 0 Å². The van der Waals surface area contributed by atoms with E-state index >= 15 is 0 Å². The molecule has 2 amide bonds. The summed E-state index contributed by atoms with van der Waals surface area (Å²) < 4.78 is 0. The molecule has 0 saturated carbocycles. The van der Waals surface area contributed by atoms with Crippen molar-refractivity contribution in [2.75, 3.05) is 13.6 Å². The van der Waals surface area contributed by atoms with E-state index in [0.29, 0.717) is 42.5 Å². The predicted molar refractivity (Wildman–Crippen MR) is 140 cm³/mol. The minimum absolute atomic E-state index is 0.00941. The fraction of sp³-hybridized carbons (Fsp3) is 0.296. The van der Waals surface area contributed by atoms with Crippen LogP contribution in [0.25, 0.3) is 0 Å². The maximum Gasteiger partial charge on any atom is 0.238 e. The highest BCUT2D eigenvalue weighted by Crippen LogP contribution is 2.33. The third kappa shape index (κ3) is 9.10. The lowest BCUT2D eigenvalue weighted by Gasteiger charge is -2.27. The van der Waals surface area contributed by atoms with Gasteiger partial charge in [0.25, 0.3) is 0 Å². The molecule has 0 heterocycles. The zero-order valence-electron chi connectivity index (χ0n) is 20.2. The highest BCUT2D eigenvalue weighted by atomic mass is 16.2. The van der Waals surface area contributed by atoms with Crippen LogP contribution in [-0.2, 0) is 14.4 Å². The molecule has 0 radical (unpaired) electrons. The van der Waals surface area contributed by atoms with Crippen LogP contribution in [0.5, 0.6) is 0 Å². The monoisotopic (exact) mass is 475 g/mol. The molecule has 0 fully saturated rings. The van der Waals surface area contributed by atoms with Crippen molar-refractivity contribution < 1.29 is 14.4 Å². The number of nitrogens with one attached hydrogen (secondary N) is 2. The number of hydrogen-bond donors (Lipinski definition) is 3. The van der Waals surface area contributed by atoms with Gasteiger partial charge in [0, 0.05) is 24.5 Å². The van der Waals surface area contributed by atoms with Gasteiger partial charge in [-0.2, -0.15) is 0 Å². The highest BCUT2D eigenvalue weighted by Gasteiger charge is 2.33. The molecule has 8 nitrogen and oxygen atoms in total. The molecule has 1 aliphatic carbocycles. The zero-order chi connectivity index (χ0) is 25.5. The number of hydrogen-bond acceptors (Lipinski definition) is 6. The normalized spacial score (nSPS) is 22.9. The molecule has 0 unspecified atom stereocenters. The Hall–Kier alpha value is -3.91. The lowest BCUT2D eigenvalue weighted by atomic mass is 9.77. The van der Waals surface area contributed by atoms with E-state index in [9.17, 15) is 14.4 Å². The third-order valence-corrected chi connectivity index (χ3v) is 5.48. The van der Waals surface area contributed by atoms with Gasteiger partial charge in [0.2, 0.25) is 11.8 Å². The molecule has 2 atom stereocenters. The van der Waals surface area contributed by atoms with Crippen LogP contribution in [0.15, 0.2) is 88.5 Å². The second-order valence-corrected chi connectivity index (χ2v) is 8.15. The quantitative estimate of drug-likeness (QED) is 0.336. The second-order valence-electron chi connectivity index (χ2n) is 8.15. The van der Waals surface area contributed by atoms with Gasteiger partial charge in [-0.1, -0.05) is 54.6 Å². The van der Waals surface area contributed by atoms with Crippen molar-refractivity contribution in [1.82, 2.24) is 10.6 Å². The summed E-state index contributed by atoms with van der Waals surface area (Å²) in [5.74, 6) is -0.632. The summed E-state index contributed by atoms with van der Waals surface area (Å²) in [7, 11) is 1.68. The van der Waals surface area contributed by atoms with Crippen molar-refractivity contribution >= 4 is 30.0 Å². The molecule has 0 aliphatic heterocycles. The van der Waals surface area contributed by atoms with Crippen molar-refractivity contribution in [1.29, 1.82) is 0 Å². The van der Waals surface area contributed by atoms with E-state index in [1.165, 1.54) is 0 Å². The second kappa shape index (κ2) is 14.4. The summed E-state index contributed by atoms with van der Waals surface area (Å²) in [5.41, 5.74) is 6.63. The molecular formula is C27H33N5O3. The number of rotatable bonds is 11. The Morgan fingerprint density at radius 3 is 2.63 bits per heavy atom. The summed E-state index contributed by atoms with van der Waals surface area (Å²) in [4.78, 5) is 44.4. The number of carbonyl (C=O) groups excluding carboxylic acids is 3. The van der Waals surface area contributed by atoms with E-state index in [4.69, 9.17) is 5.73 Å². The van der Waals surface area contributed by atoms with Gasteiger partial charge in [-0.25, -0.2) is 0 Å². The van der Waals surface area contributed by atoms with E-state index in [1.54, 1.807) is 56.6 Å². The first kappa shape index (κ1) is 27.3. The Bertz CT molecular complexity index is 1050. The van der Waals surface area contributed by atoms with Crippen LogP contribution in [0.2, 0.25) is 0 Å². The fourth-order valence-electron chi connectivity index (χ4n) is 3.49. The molecular weight excluding hydrogens is 442 g/mol. The zero-order valence-corrected chi connectivity index (χ0v) is 20.2. The topological polar surface area (TPSA) is 126 Å². The summed E-state index contributed by atoms with van der Waals surface area (Å²) in [6.45, 7) is 1.78. The average Bonchev–Trinajstić information content (AvgIpc) is 2.95. The number of carbonyl (C=O) groups is 3. The Morgan fingerprint density at radius 2 is 1.94 bits per heavy atom. The summed E-state index contributed by atoms with van der Waals surface area (Å²) >= 11 is 0. The number of amides is 2. The molecule has 0 bridgehead atoms. The fourth-order valence-corrected chi connectivity index (χ4v) is 3.49. The largest absolute Gasteiger partial charge is 0.369 e. The first-order chi connectivity index (χ1) is 16.9. The number of nitrogens with two attached hydrogens (primary N) is 1. The Balaban J connectivity index is 1.97. The van der Waals surface area contributed by atoms with Crippen LogP contribution in [0.1, 0.15) is 31.7 Å². The van der Waals surface area contributed by atoms with Gasteiger partial charge < -0.3 is 11.1 Å². The van der Waals surface area contributed by atoms with Gasteiger partial charge >= 0.3 is 0 Å².